The zero-order valence-corrected chi connectivity index (χ0v) is 9.32. The molecule has 0 aliphatic heterocycles. The van der Waals surface area contributed by atoms with Gasteiger partial charge in [0.05, 0.1) is 11.7 Å². The number of benzene rings is 2. The van der Waals surface area contributed by atoms with Crippen LogP contribution in [0.5, 0.6) is 0 Å². The zero-order chi connectivity index (χ0) is 11.5. The number of hydrogen-bond donors (Lipinski definition) is 0. The molecule has 0 aliphatic carbocycles. The molecule has 0 radical (unpaired) electrons. The van der Waals surface area contributed by atoms with Crippen molar-refractivity contribution < 1.29 is 0 Å². The van der Waals surface area contributed by atoms with Crippen molar-refractivity contribution in [2.45, 2.75) is 0 Å². The number of rotatable bonds is 2. The molecular formula is C15H12N2. The minimum Gasteiger partial charge on any atom is -0.240 e. The lowest BCUT2D eigenvalue weighted by Crippen LogP contribution is -1.87. The van der Waals surface area contributed by atoms with Gasteiger partial charge >= 0.3 is 0 Å². The van der Waals surface area contributed by atoms with Gasteiger partial charge in [0, 0.05) is 11.6 Å². The van der Waals surface area contributed by atoms with E-state index in [1.54, 1.807) is 0 Å². The Morgan fingerprint density at radius 3 is 2.53 bits per heavy atom. The lowest BCUT2D eigenvalue weighted by molar-refractivity contribution is 0.969. The lowest BCUT2D eigenvalue weighted by atomic mass is 10.2. The van der Waals surface area contributed by atoms with Gasteiger partial charge in [0.2, 0.25) is 0 Å². The lowest BCUT2D eigenvalue weighted by Gasteiger charge is -1.95. The number of hydrogen-bond acceptors (Lipinski definition) is 1. The van der Waals surface area contributed by atoms with Gasteiger partial charge in [-0.2, -0.15) is 5.10 Å². The molecule has 3 rings (SSSR count). The molecule has 0 spiro atoms. The molecule has 0 atom stereocenters. The van der Waals surface area contributed by atoms with Crippen molar-refractivity contribution in [2.24, 2.45) is 0 Å². The molecule has 2 nitrogen and oxygen atoms in total. The summed E-state index contributed by atoms with van der Waals surface area (Å²) < 4.78 is 1.89. The topological polar surface area (TPSA) is 17.8 Å². The van der Waals surface area contributed by atoms with E-state index in [1.165, 1.54) is 5.56 Å². The van der Waals surface area contributed by atoms with E-state index in [-0.39, 0.29) is 0 Å². The molecule has 3 aromatic rings. The van der Waals surface area contributed by atoms with Crippen molar-refractivity contribution >= 4 is 23.2 Å². The summed E-state index contributed by atoms with van der Waals surface area (Å²) in [7, 11) is 0. The van der Waals surface area contributed by atoms with Gasteiger partial charge in [-0.15, -0.1) is 0 Å². The van der Waals surface area contributed by atoms with Crippen LogP contribution >= 0.6 is 0 Å². The number of nitrogens with zero attached hydrogens (tertiary/aromatic N) is 2. The molecule has 2 aromatic carbocycles. The summed E-state index contributed by atoms with van der Waals surface area (Å²) in [6, 6.07) is 18.4. The largest absolute Gasteiger partial charge is 0.240 e. The maximum atomic E-state index is 4.34. The van der Waals surface area contributed by atoms with Crippen LogP contribution in [0.4, 0.5) is 0 Å². The average molecular weight is 220 g/mol. The molecule has 0 amide bonds. The molecular weight excluding hydrogens is 208 g/mol. The van der Waals surface area contributed by atoms with E-state index in [2.05, 4.69) is 35.4 Å². The molecule has 0 saturated heterocycles. The highest BCUT2D eigenvalue weighted by Crippen LogP contribution is 2.13. The van der Waals surface area contributed by atoms with Crippen LogP contribution in [0.1, 0.15) is 5.56 Å². The van der Waals surface area contributed by atoms with Crippen LogP contribution in [-0.2, 0) is 0 Å². The van der Waals surface area contributed by atoms with E-state index in [0.717, 1.165) is 10.9 Å². The second kappa shape index (κ2) is 4.26. The van der Waals surface area contributed by atoms with Crippen molar-refractivity contribution in [1.82, 2.24) is 9.78 Å². The molecule has 0 unspecified atom stereocenters. The minimum atomic E-state index is 1.12. The Kier molecular flexibility index (Phi) is 2.47. The van der Waals surface area contributed by atoms with Crippen LogP contribution in [0.15, 0.2) is 60.8 Å². The second-order valence-corrected chi connectivity index (χ2v) is 3.87. The van der Waals surface area contributed by atoms with Crippen LogP contribution in [0, 0.1) is 0 Å². The Morgan fingerprint density at radius 1 is 0.882 bits per heavy atom. The second-order valence-electron chi connectivity index (χ2n) is 3.87. The van der Waals surface area contributed by atoms with Gasteiger partial charge in [0.25, 0.3) is 0 Å². The Bertz CT molecular complexity index is 651. The Balaban J connectivity index is 1.98. The maximum Gasteiger partial charge on any atom is 0.0733 e. The van der Waals surface area contributed by atoms with Crippen LogP contribution in [0.2, 0.25) is 0 Å². The summed E-state index contributed by atoms with van der Waals surface area (Å²) >= 11 is 0. The molecule has 0 fully saturated rings. The fourth-order valence-corrected chi connectivity index (χ4v) is 1.83. The van der Waals surface area contributed by atoms with E-state index in [9.17, 15) is 0 Å². The predicted molar refractivity (Wildman–Crippen MR) is 71.4 cm³/mol. The van der Waals surface area contributed by atoms with E-state index < -0.39 is 0 Å². The fourth-order valence-electron chi connectivity index (χ4n) is 1.83. The van der Waals surface area contributed by atoms with Gasteiger partial charge in [-0.3, -0.25) is 0 Å². The average Bonchev–Trinajstić information content (AvgIpc) is 2.81. The minimum absolute atomic E-state index is 1.12. The summed E-state index contributed by atoms with van der Waals surface area (Å²) in [5, 5.41) is 5.50. The van der Waals surface area contributed by atoms with Gasteiger partial charge in [-0.05, 0) is 17.7 Å². The summed E-state index contributed by atoms with van der Waals surface area (Å²) in [5.41, 5.74) is 2.30. The van der Waals surface area contributed by atoms with Crippen molar-refractivity contribution in [3.05, 3.63) is 66.4 Å². The standard InChI is InChI=1S/C15H12N2/c1-2-6-13(7-3-1)10-11-17-15-9-5-4-8-14(15)12-16-17/h1-12H. The summed E-state index contributed by atoms with van der Waals surface area (Å²) in [4.78, 5) is 0. The van der Waals surface area contributed by atoms with E-state index in [0.29, 0.717) is 0 Å². The van der Waals surface area contributed by atoms with Crippen molar-refractivity contribution in [1.29, 1.82) is 0 Å². The molecule has 0 N–H and O–H groups in total. The van der Waals surface area contributed by atoms with Crippen LogP contribution in [0.3, 0.4) is 0 Å². The third-order valence-electron chi connectivity index (χ3n) is 2.71. The first-order valence-electron chi connectivity index (χ1n) is 5.59. The first kappa shape index (κ1) is 9.85. The number of para-hydroxylation sites is 1. The number of fused-ring (bicyclic) bond motifs is 1. The quantitative estimate of drug-likeness (QED) is 0.644. The monoisotopic (exact) mass is 220 g/mol. The van der Waals surface area contributed by atoms with Crippen molar-refractivity contribution in [2.75, 3.05) is 0 Å². The molecule has 82 valence electrons. The van der Waals surface area contributed by atoms with Crippen LogP contribution in [-0.4, -0.2) is 9.78 Å². The Labute approximate surface area is 99.8 Å². The van der Waals surface area contributed by atoms with E-state index in [1.807, 2.05) is 47.4 Å². The smallest absolute Gasteiger partial charge is 0.0733 e. The molecule has 0 saturated carbocycles. The van der Waals surface area contributed by atoms with Crippen molar-refractivity contribution in [3.8, 4) is 0 Å². The van der Waals surface area contributed by atoms with E-state index in [4.69, 9.17) is 0 Å². The summed E-state index contributed by atoms with van der Waals surface area (Å²) in [6.07, 6.45) is 5.92. The van der Waals surface area contributed by atoms with Gasteiger partial charge in [-0.25, -0.2) is 4.68 Å². The zero-order valence-electron chi connectivity index (χ0n) is 9.32. The Hall–Kier alpha value is -2.35. The van der Waals surface area contributed by atoms with Gasteiger partial charge in [-0.1, -0.05) is 48.5 Å². The molecule has 2 heteroatoms. The van der Waals surface area contributed by atoms with Gasteiger partial charge < -0.3 is 0 Å². The SMILES string of the molecule is C(=Cn1ncc2ccccc21)c1ccccc1. The first-order chi connectivity index (χ1) is 8.43. The van der Waals surface area contributed by atoms with Crippen LogP contribution < -0.4 is 0 Å². The molecule has 1 aromatic heterocycles. The first-order valence-corrected chi connectivity index (χ1v) is 5.59. The third-order valence-corrected chi connectivity index (χ3v) is 2.71. The van der Waals surface area contributed by atoms with E-state index >= 15 is 0 Å². The molecule has 1 heterocycles. The number of aromatic nitrogens is 2. The molecule has 0 bridgehead atoms. The van der Waals surface area contributed by atoms with Crippen LogP contribution in [0.25, 0.3) is 23.2 Å². The highest BCUT2D eigenvalue weighted by molar-refractivity contribution is 5.81. The van der Waals surface area contributed by atoms with Gasteiger partial charge in [0.1, 0.15) is 0 Å². The molecule has 17 heavy (non-hydrogen) atoms. The third kappa shape index (κ3) is 1.97. The fraction of sp³-hybridized carbons (Fsp3) is 0. The normalized spacial score (nSPS) is 11.3. The van der Waals surface area contributed by atoms with Crippen molar-refractivity contribution in [3.63, 3.8) is 0 Å². The summed E-state index contributed by atoms with van der Waals surface area (Å²) in [6.45, 7) is 0. The maximum absolute atomic E-state index is 4.34. The Morgan fingerprint density at radius 2 is 1.65 bits per heavy atom. The highest BCUT2D eigenvalue weighted by Gasteiger charge is 1.97. The van der Waals surface area contributed by atoms with Gasteiger partial charge in [0.15, 0.2) is 0 Å². The summed E-state index contributed by atoms with van der Waals surface area (Å²) in [5.74, 6) is 0. The highest BCUT2D eigenvalue weighted by atomic mass is 15.3. The predicted octanol–water partition coefficient (Wildman–Crippen LogP) is 3.66. The molecule has 0 aliphatic rings.